The van der Waals surface area contributed by atoms with Crippen LogP contribution in [0.3, 0.4) is 0 Å². The highest BCUT2D eigenvalue weighted by molar-refractivity contribution is 6.17. The lowest BCUT2D eigenvalue weighted by Gasteiger charge is -2.25. The van der Waals surface area contributed by atoms with Crippen LogP contribution in [0.2, 0.25) is 0 Å². The van der Waals surface area contributed by atoms with Gasteiger partial charge in [0.25, 0.3) is 0 Å². The molecular formula is C44H38N4O2. The Bertz CT molecular complexity index is 3100. The molecule has 0 aliphatic rings. The minimum atomic E-state index is -2.82. The highest BCUT2D eigenvalue weighted by atomic mass is 16.3. The summed E-state index contributed by atoms with van der Waals surface area (Å²) in [4.78, 5) is 14.0. The van der Waals surface area contributed by atoms with Gasteiger partial charge in [0, 0.05) is 39.9 Å². The van der Waals surface area contributed by atoms with Crippen molar-refractivity contribution in [2.45, 2.75) is 60.1 Å². The van der Waals surface area contributed by atoms with Gasteiger partial charge in [-0.2, -0.15) is 0 Å². The molecule has 0 saturated heterocycles. The molecule has 5 aromatic carbocycles. The van der Waals surface area contributed by atoms with E-state index in [4.69, 9.17) is 26.2 Å². The van der Waals surface area contributed by atoms with Gasteiger partial charge < -0.3 is 8.83 Å². The molecule has 0 bridgehead atoms. The molecule has 9 rings (SSSR count). The van der Waals surface area contributed by atoms with Gasteiger partial charge in [-0.05, 0) is 108 Å². The molecule has 0 aliphatic carbocycles. The maximum Gasteiger partial charge on any atom is 0.182 e. The summed E-state index contributed by atoms with van der Waals surface area (Å²) >= 11 is 0. The number of rotatable bonds is 5. The van der Waals surface area contributed by atoms with E-state index < -0.39 is 20.6 Å². The number of aryl methyl sites for hydroxylation is 3. The van der Waals surface area contributed by atoms with Gasteiger partial charge in [0.15, 0.2) is 23.1 Å². The van der Waals surface area contributed by atoms with E-state index in [0.29, 0.717) is 55.3 Å². The predicted molar refractivity (Wildman–Crippen MR) is 204 cm³/mol. The van der Waals surface area contributed by atoms with Crippen LogP contribution in [0.1, 0.15) is 79.9 Å². The number of fused-ring (bicyclic) bond motifs is 8. The largest absolute Gasteiger partial charge is 0.453 e. The van der Waals surface area contributed by atoms with Crippen LogP contribution in [0, 0.1) is 20.6 Å². The summed E-state index contributed by atoms with van der Waals surface area (Å²) < 4.78 is 90.5. The molecule has 0 N–H and O–H groups in total. The number of benzene rings is 5. The molecule has 0 fully saturated rings. The quantitative estimate of drug-likeness (QED) is 0.183. The van der Waals surface area contributed by atoms with Crippen molar-refractivity contribution in [3.8, 4) is 28.2 Å². The third kappa shape index (κ3) is 4.44. The Kier molecular flexibility index (Phi) is 4.92. The van der Waals surface area contributed by atoms with E-state index in [-0.39, 0.29) is 39.8 Å². The molecule has 0 atom stereocenters. The average Bonchev–Trinajstić information content (AvgIpc) is 3.91. The van der Waals surface area contributed by atoms with Gasteiger partial charge in [0.1, 0.15) is 11.4 Å². The lowest BCUT2D eigenvalue weighted by atomic mass is 9.88. The molecule has 0 radical (unpaired) electrons. The van der Waals surface area contributed by atoms with Crippen molar-refractivity contribution >= 4 is 54.8 Å². The Morgan fingerprint density at radius 2 is 1.56 bits per heavy atom. The minimum absolute atomic E-state index is 0.0570. The highest BCUT2D eigenvalue weighted by Gasteiger charge is 2.28. The van der Waals surface area contributed by atoms with Gasteiger partial charge >= 0.3 is 0 Å². The monoisotopic (exact) mass is 663 g/mol. The van der Waals surface area contributed by atoms with Crippen LogP contribution in [0.15, 0.2) is 100 Å². The van der Waals surface area contributed by atoms with E-state index in [9.17, 15) is 0 Å². The summed E-state index contributed by atoms with van der Waals surface area (Å²) in [6, 6.07) is 25.9. The number of furan rings is 1. The van der Waals surface area contributed by atoms with Crippen LogP contribution in [0.25, 0.3) is 83.0 Å². The van der Waals surface area contributed by atoms with Crippen molar-refractivity contribution in [3.05, 3.63) is 119 Å². The summed E-state index contributed by atoms with van der Waals surface area (Å²) in [7, 11) is 0. The Morgan fingerprint density at radius 3 is 2.30 bits per heavy atom. The van der Waals surface area contributed by atoms with E-state index >= 15 is 0 Å². The number of oxazole rings is 1. The molecule has 6 heteroatoms. The third-order valence-electron chi connectivity index (χ3n) is 9.68. The van der Waals surface area contributed by atoms with Gasteiger partial charge in [0.05, 0.1) is 22.3 Å². The summed E-state index contributed by atoms with van der Waals surface area (Å²) in [6.07, 6.45) is 1.31. The number of hydrogen-bond acceptors (Lipinski definition) is 5. The second kappa shape index (κ2) is 11.1. The number of hydrogen-bond donors (Lipinski definition) is 0. The molecule has 0 amide bonds. The van der Waals surface area contributed by atoms with Crippen LogP contribution in [0.5, 0.6) is 0 Å². The zero-order chi connectivity index (χ0) is 41.9. The second-order valence-electron chi connectivity index (χ2n) is 13.4. The van der Waals surface area contributed by atoms with Crippen LogP contribution in [-0.2, 0) is 0 Å². The molecule has 50 heavy (non-hydrogen) atoms. The standard InChI is InChI=1S/C44H38N4O2/c1-23(2)33-20-30(28-11-9-8-10-12-28)21-34(24(3)4)40(33)48-41-35(17-14-29-19-26(6)46-27(7)38(29)41)47-44(48)32-15-13-25(5)37-31-16-18-36-39(45-22-49-36)43(31)50-42(32)37/h8-24H,1-7H3/i5D3,6D3,7D3. The summed E-state index contributed by atoms with van der Waals surface area (Å²) in [5.41, 5.74) is 6.84. The molecule has 9 aromatic rings. The first-order valence-corrected chi connectivity index (χ1v) is 16.7. The van der Waals surface area contributed by atoms with Crippen molar-refractivity contribution in [2.24, 2.45) is 0 Å². The average molecular weight is 664 g/mol. The van der Waals surface area contributed by atoms with Crippen molar-refractivity contribution in [1.82, 2.24) is 19.5 Å². The smallest absolute Gasteiger partial charge is 0.182 e. The molecule has 4 aromatic heterocycles. The Morgan fingerprint density at radius 1 is 0.740 bits per heavy atom. The lowest BCUT2D eigenvalue weighted by molar-refractivity contribution is 0.602. The fourth-order valence-corrected chi connectivity index (χ4v) is 7.36. The van der Waals surface area contributed by atoms with E-state index in [1.54, 1.807) is 36.4 Å². The molecule has 0 spiro atoms. The summed E-state index contributed by atoms with van der Waals surface area (Å²) in [6.45, 7) is 0.363. The summed E-state index contributed by atoms with van der Waals surface area (Å²) in [5, 5.41) is 1.50. The first-order chi connectivity index (χ1) is 27.8. The van der Waals surface area contributed by atoms with E-state index in [0.717, 1.165) is 27.9 Å². The van der Waals surface area contributed by atoms with Crippen molar-refractivity contribution in [2.75, 3.05) is 0 Å². The number of imidazole rings is 1. The molecule has 4 heterocycles. The second-order valence-corrected chi connectivity index (χ2v) is 13.4. The van der Waals surface area contributed by atoms with E-state index in [1.165, 1.54) is 12.5 Å². The fraction of sp³-hybridized carbons (Fsp3) is 0.205. The Hall–Kier alpha value is -5.75. The van der Waals surface area contributed by atoms with Gasteiger partial charge in [-0.3, -0.25) is 9.55 Å². The fourth-order valence-electron chi connectivity index (χ4n) is 7.36. The van der Waals surface area contributed by atoms with Gasteiger partial charge in [-0.1, -0.05) is 70.2 Å². The van der Waals surface area contributed by atoms with Crippen molar-refractivity contribution < 1.29 is 21.2 Å². The first kappa shape index (κ1) is 22.1. The van der Waals surface area contributed by atoms with Crippen LogP contribution in [0.4, 0.5) is 0 Å². The van der Waals surface area contributed by atoms with Gasteiger partial charge in [-0.25, -0.2) is 9.97 Å². The minimum Gasteiger partial charge on any atom is -0.453 e. The lowest BCUT2D eigenvalue weighted by Crippen LogP contribution is -2.10. The Labute approximate surface area is 303 Å². The van der Waals surface area contributed by atoms with Crippen molar-refractivity contribution in [3.63, 3.8) is 0 Å². The van der Waals surface area contributed by atoms with Crippen molar-refractivity contribution in [1.29, 1.82) is 0 Å². The first-order valence-electron chi connectivity index (χ1n) is 21.2. The zero-order valence-electron chi connectivity index (χ0n) is 36.9. The van der Waals surface area contributed by atoms with Crippen LogP contribution in [-0.4, -0.2) is 19.5 Å². The Balaban J connectivity index is 1.52. The van der Waals surface area contributed by atoms with E-state index in [1.807, 2.05) is 22.8 Å². The van der Waals surface area contributed by atoms with E-state index in [2.05, 4.69) is 61.9 Å². The number of aromatic nitrogens is 4. The molecule has 6 nitrogen and oxygen atoms in total. The maximum atomic E-state index is 8.70. The highest BCUT2D eigenvalue weighted by Crippen LogP contribution is 2.45. The van der Waals surface area contributed by atoms with Gasteiger partial charge in [0.2, 0.25) is 0 Å². The number of pyridine rings is 1. The molecule has 0 aliphatic heterocycles. The SMILES string of the molecule is [2H]C([2H])([2H])c1cc2ccc3nc(-c4ccc(C([2H])([2H])[2H])c5c4oc4c5ccc5ocnc54)n(-c4c(C(C)C)cc(-c5ccccc5)cc4C(C)C)c3c2c(C([2H])([2H])[2H])n1. The van der Waals surface area contributed by atoms with Crippen LogP contribution < -0.4 is 0 Å². The molecule has 0 saturated carbocycles. The van der Waals surface area contributed by atoms with Crippen LogP contribution >= 0.6 is 0 Å². The molecular weight excluding hydrogens is 617 g/mol. The molecule has 246 valence electrons. The normalized spacial score (nSPS) is 15.7. The summed E-state index contributed by atoms with van der Waals surface area (Å²) in [5.74, 6) is 0.245. The number of nitrogens with zero attached hydrogens (tertiary/aromatic N) is 4. The molecule has 0 unspecified atom stereocenters. The zero-order valence-corrected chi connectivity index (χ0v) is 27.9. The topological polar surface area (TPSA) is 69.9 Å². The predicted octanol–water partition coefficient (Wildman–Crippen LogP) is 12.1. The third-order valence-corrected chi connectivity index (χ3v) is 9.68. The maximum absolute atomic E-state index is 8.70. The van der Waals surface area contributed by atoms with Gasteiger partial charge in [-0.15, -0.1) is 0 Å².